The number of alkyl halides is 1. The molecule has 2 nitrogen and oxygen atoms in total. The molecule has 0 aliphatic heterocycles. The molecular weight excluding hydrogens is 351 g/mol. The number of ether oxygens (including phenoxy) is 2. The third-order valence-electron chi connectivity index (χ3n) is 2.90. The van der Waals surface area contributed by atoms with E-state index in [0.717, 1.165) is 15.7 Å². The van der Waals surface area contributed by atoms with Crippen LogP contribution in [0.25, 0.3) is 0 Å². The summed E-state index contributed by atoms with van der Waals surface area (Å²) in [5, 5.41) is 0. The molecule has 0 spiro atoms. The molecule has 0 aromatic heterocycles. The van der Waals surface area contributed by atoms with Gasteiger partial charge < -0.3 is 9.47 Å². The number of hydrogen-bond acceptors (Lipinski definition) is 2. The molecule has 19 heavy (non-hydrogen) atoms. The van der Waals surface area contributed by atoms with Crippen LogP contribution in [0.4, 0.5) is 0 Å². The minimum Gasteiger partial charge on any atom is -0.497 e. The maximum absolute atomic E-state index is 6.00. The van der Waals surface area contributed by atoms with Crippen molar-refractivity contribution in [1.82, 2.24) is 0 Å². The minimum atomic E-state index is 0.132. The highest BCUT2D eigenvalue weighted by molar-refractivity contribution is 14.1. The zero-order chi connectivity index (χ0) is 13.5. The van der Waals surface area contributed by atoms with Gasteiger partial charge in [0.25, 0.3) is 0 Å². The van der Waals surface area contributed by atoms with Crippen LogP contribution in [-0.2, 0) is 11.3 Å². The summed E-state index contributed by atoms with van der Waals surface area (Å²) in [5.41, 5.74) is 2.35. The molecule has 0 radical (unpaired) electrons. The lowest BCUT2D eigenvalue weighted by atomic mass is 10.1. The molecule has 0 N–H and O–H groups in total. The van der Waals surface area contributed by atoms with E-state index in [1.165, 1.54) is 5.56 Å². The molecule has 0 aliphatic carbocycles. The predicted molar refractivity (Wildman–Crippen MR) is 85.9 cm³/mol. The maximum atomic E-state index is 6.00. The van der Waals surface area contributed by atoms with Crippen molar-refractivity contribution in [3.63, 3.8) is 0 Å². The number of methoxy groups -OCH3 is 1. The Labute approximate surface area is 127 Å². The summed E-state index contributed by atoms with van der Waals surface area (Å²) in [4.78, 5) is 0. The van der Waals surface area contributed by atoms with Crippen molar-refractivity contribution in [3.05, 3.63) is 65.7 Å². The van der Waals surface area contributed by atoms with Crippen molar-refractivity contribution in [2.75, 3.05) is 11.5 Å². The number of rotatable bonds is 6. The first-order valence-corrected chi connectivity index (χ1v) is 7.71. The zero-order valence-electron chi connectivity index (χ0n) is 10.9. The minimum absolute atomic E-state index is 0.132. The van der Waals surface area contributed by atoms with Gasteiger partial charge in [0.2, 0.25) is 0 Å². The van der Waals surface area contributed by atoms with Crippen molar-refractivity contribution in [2.24, 2.45) is 0 Å². The Morgan fingerprint density at radius 2 is 1.84 bits per heavy atom. The predicted octanol–water partition coefficient (Wildman–Crippen LogP) is 4.39. The van der Waals surface area contributed by atoms with Gasteiger partial charge in [-0.25, -0.2) is 0 Å². The Morgan fingerprint density at radius 3 is 2.53 bits per heavy atom. The van der Waals surface area contributed by atoms with Crippen molar-refractivity contribution in [1.29, 1.82) is 0 Å². The average molecular weight is 368 g/mol. The standard InChI is InChI=1S/C16H17IO2/c1-18-15-9-5-6-13(10-15)12-19-16(11-17)14-7-3-2-4-8-14/h2-10,16H,11-12H2,1H3. The van der Waals surface area contributed by atoms with E-state index in [1.807, 2.05) is 36.4 Å². The number of benzene rings is 2. The third-order valence-corrected chi connectivity index (χ3v) is 3.70. The first-order valence-electron chi connectivity index (χ1n) is 6.19. The van der Waals surface area contributed by atoms with E-state index in [4.69, 9.17) is 9.47 Å². The highest BCUT2D eigenvalue weighted by Gasteiger charge is 2.10. The fourth-order valence-corrected chi connectivity index (χ4v) is 2.62. The summed E-state index contributed by atoms with van der Waals surface area (Å²) in [5.74, 6) is 0.867. The fraction of sp³-hybridized carbons (Fsp3) is 0.250. The van der Waals surface area contributed by atoms with Crippen LogP contribution in [0.2, 0.25) is 0 Å². The topological polar surface area (TPSA) is 18.5 Å². The van der Waals surface area contributed by atoms with Crippen LogP contribution in [-0.4, -0.2) is 11.5 Å². The molecule has 0 heterocycles. The lowest BCUT2D eigenvalue weighted by molar-refractivity contribution is 0.0576. The van der Waals surface area contributed by atoms with Crippen LogP contribution in [0.1, 0.15) is 17.2 Å². The summed E-state index contributed by atoms with van der Waals surface area (Å²) in [6.45, 7) is 0.597. The second kappa shape index (κ2) is 7.50. The zero-order valence-corrected chi connectivity index (χ0v) is 13.0. The van der Waals surface area contributed by atoms with Crippen LogP contribution in [0.5, 0.6) is 5.75 Å². The summed E-state index contributed by atoms with van der Waals surface area (Å²) in [6.07, 6.45) is 0.132. The van der Waals surface area contributed by atoms with Crippen LogP contribution in [0.15, 0.2) is 54.6 Å². The van der Waals surface area contributed by atoms with Crippen molar-refractivity contribution >= 4 is 22.6 Å². The lowest BCUT2D eigenvalue weighted by Gasteiger charge is -2.16. The molecule has 100 valence electrons. The van der Waals surface area contributed by atoms with Gasteiger partial charge in [-0.2, -0.15) is 0 Å². The van der Waals surface area contributed by atoms with Crippen molar-refractivity contribution in [2.45, 2.75) is 12.7 Å². The largest absolute Gasteiger partial charge is 0.497 e. The number of hydrogen-bond donors (Lipinski definition) is 0. The van der Waals surface area contributed by atoms with Gasteiger partial charge >= 0.3 is 0 Å². The average Bonchev–Trinajstić information content (AvgIpc) is 2.49. The molecule has 0 saturated carbocycles. The molecule has 0 amide bonds. The summed E-state index contributed by atoms with van der Waals surface area (Å²) in [6, 6.07) is 18.3. The van der Waals surface area contributed by atoms with Gasteiger partial charge in [-0.05, 0) is 23.3 Å². The second-order valence-electron chi connectivity index (χ2n) is 4.22. The normalized spacial score (nSPS) is 12.1. The summed E-state index contributed by atoms with van der Waals surface area (Å²) in [7, 11) is 1.68. The Hall–Kier alpha value is -1.07. The monoisotopic (exact) mass is 368 g/mol. The Kier molecular flexibility index (Phi) is 5.66. The van der Waals surface area contributed by atoms with Gasteiger partial charge in [-0.1, -0.05) is 65.1 Å². The number of halogens is 1. The Morgan fingerprint density at radius 1 is 1.05 bits per heavy atom. The summed E-state index contributed by atoms with van der Waals surface area (Å²) >= 11 is 2.36. The molecule has 2 aromatic rings. The van der Waals surface area contributed by atoms with Gasteiger partial charge in [0, 0.05) is 4.43 Å². The Bertz CT molecular complexity index is 499. The molecular formula is C16H17IO2. The van der Waals surface area contributed by atoms with E-state index < -0.39 is 0 Å². The molecule has 0 aliphatic rings. The molecule has 1 atom stereocenters. The molecule has 0 bridgehead atoms. The highest BCUT2D eigenvalue weighted by Crippen LogP contribution is 2.22. The van der Waals surface area contributed by atoms with Gasteiger partial charge in [-0.15, -0.1) is 0 Å². The SMILES string of the molecule is COc1cccc(COC(CI)c2ccccc2)c1. The molecule has 2 aromatic carbocycles. The second-order valence-corrected chi connectivity index (χ2v) is 5.10. The maximum Gasteiger partial charge on any atom is 0.119 e. The van der Waals surface area contributed by atoms with E-state index in [9.17, 15) is 0 Å². The van der Waals surface area contributed by atoms with E-state index >= 15 is 0 Å². The van der Waals surface area contributed by atoms with E-state index in [-0.39, 0.29) is 6.10 Å². The smallest absolute Gasteiger partial charge is 0.119 e. The highest BCUT2D eigenvalue weighted by atomic mass is 127. The van der Waals surface area contributed by atoms with E-state index in [1.54, 1.807) is 7.11 Å². The molecule has 0 fully saturated rings. The fourth-order valence-electron chi connectivity index (χ4n) is 1.86. The molecule has 3 heteroatoms. The first kappa shape index (κ1) is 14.3. The van der Waals surface area contributed by atoms with Crippen LogP contribution >= 0.6 is 22.6 Å². The van der Waals surface area contributed by atoms with E-state index in [0.29, 0.717) is 6.61 Å². The van der Waals surface area contributed by atoms with Crippen LogP contribution < -0.4 is 4.74 Å². The quantitative estimate of drug-likeness (QED) is 0.556. The lowest BCUT2D eigenvalue weighted by Crippen LogP contribution is -2.05. The van der Waals surface area contributed by atoms with Crippen LogP contribution in [0, 0.1) is 0 Å². The van der Waals surface area contributed by atoms with Crippen molar-refractivity contribution < 1.29 is 9.47 Å². The summed E-state index contributed by atoms with van der Waals surface area (Å²) < 4.78 is 12.2. The molecule has 1 unspecified atom stereocenters. The van der Waals surface area contributed by atoms with Crippen LogP contribution in [0.3, 0.4) is 0 Å². The van der Waals surface area contributed by atoms with Gasteiger partial charge in [0.05, 0.1) is 19.8 Å². The first-order chi connectivity index (χ1) is 9.33. The van der Waals surface area contributed by atoms with Crippen molar-refractivity contribution in [3.8, 4) is 5.75 Å². The van der Waals surface area contributed by atoms with E-state index in [2.05, 4.69) is 40.8 Å². The van der Waals surface area contributed by atoms with Gasteiger partial charge in [0.1, 0.15) is 5.75 Å². The third kappa shape index (κ3) is 4.21. The van der Waals surface area contributed by atoms with Gasteiger partial charge in [-0.3, -0.25) is 0 Å². The molecule has 0 saturated heterocycles. The molecule has 2 rings (SSSR count). The Balaban J connectivity index is 2.00. The van der Waals surface area contributed by atoms with Gasteiger partial charge in [0.15, 0.2) is 0 Å².